The first-order chi connectivity index (χ1) is 6.42. The van der Waals surface area contributed by atoms with Gasteiger partial charge in [-0.1, -0.05) is 0 Å². The predicted octanol–water partition coefficient (Wildman–Crippen LogP) is 3.48. The Bertz CT molecular complexity index is 324. The standard InChI is InChI=1S/C8H7F4NS/c1-13-6-3-2-5(9)4-7(6)14-8(10,11)12/h2-4,13H,1H3. The molecule has 0 spiro atoms. The molecule has 0 unspecified atom stereocenters. The Morgan fingerprint density at radius 1 is 1.29 bits per heavy atom. The third-order valence-electron chi connectivity index (χ3n) is 1.44. The van der Waals surface area contributed by atoms with Gasteiger partial charge in [0, 0.05) is 17.6 Å². The maximum Gasteiger partial charge on any atom is 0.446 e. The van der Waals surface area contributed by atoms with Gasteiger partial charge in [0.25, 0.3) is 0 Å². The molecule has 1 aromatic rings. The second-order valence-electron chi connectivity index (χ2n) is 2.44. The van der Waals surface area contributed by atoms with Gasteiger partial charge in [-0.15, -0.1) is 0 Å². The zero-order valence-corrected chi connectivity index (χ0v) is 7.97. The van der Waals surface area contributed by atoms with Crippen LogP contribution in [-0.4, -0.2) is 12.6 Å². The molecular weight excluding hydrogens is 218 g/mol. The highest BCUT2D eigenvalue weighted by Crippen LogP contribution is 2.40. The number of anilines is 1. The van der Waals surface area contributed by atoms with Gasteiger partial charge in [0.15, 0.2) is 0 Å². The van der Waals surface area contributed by atoms with Crippen molar-refractivity contribution >= 4 is 17.4 Å². The summed E-state index contributed by atoms with van der Waals surface area (Å²) in [4.78, 5) is -0.167. The topological polar surface area (TPSA) is 12.0 Å². The fraction of sp³-hybridized carbons (Fsp3) is 0.250. The first-order valence-corrected chi connectivity index (χ1v) is 4.47. The molecule has 0 amide bonds. The Hall–Kier alpha value is -0.910. The average molecular weight is 225 g/mol. The fourth-order valence-electron chi connectivity index (χ4n) is 0.912. The molecule has 0 atom stereocenters. The lowest BCUT2D eigenvalue weighted by molar-refractivity contribution is -0.0327. The van der Waals surface area contributed by atoms with Crippen LogP contribution in [0.25, 0.3) is 0 Å². The van der Waals surface area contributed by atoms with E-state index in [0.29, 0.717) is 0 Å². The Balaban J connectivity index is 2.99. The van der Waals surface area contributed by atoms with Crippen LogP contribution in [0.15, 0.2) is 23.1 Å². The van der Waals surface area contributed by atoms with Crippen molar-refractivity contribution in [1.29, 1.82) is 0 Å². The third kappa shape index (κ3) is 3.10. The number of hydrogen-bond donors (Lipinski definition) is 1. The van der Waals surface area contributed by atoms with Crippen molar-refractivity contribution < 1.29 is 17.6 Å². The van der Waals surface area contributed by atoms with Crippen molar-refractivity contribution in [1.82, 2.24) is 0 Å². The summed E-state index contributed by atoms with van der Waals surface area (Å²) in [6.45, 7) is 0. The second-order valence-corrected chi connectivity index (χ2v) is 3.55. The normalized spacial score (nSPS) is 11.5. The molecule has 0 aliphatic heterocycles. The maximum absolute atomic E-state index is 12.7. The summed E-state index contributed by atoms with van der Waals surface area (Å²) in [5, 5.41) is 2.56. The van der Waals surface area contributed by atoms with Crippen molar-refractivity contribution in [3.05, 3.63) is 24.0 Å². The Morgan fingerprint density at radius 3 is 2.43 bits per heavy atom. The van der Waals surface area contributed by atoms with Crippen molar-refractivity contribution in [3.63, 3.8) is 0 Å². The van der Waals surface area contributed by atoms with E-state index in [4.69, 9.17) is 0 Å². The van der Waals surface area contributed by atoms with E-state index in [1.54, 1.807) is 0 Å². The summed E-state index contributed by atoms with van der Waals surface area (Å²) in [6, 6.07) is 3.22. The molecule has 0 aliphatic rings. The lowest BCUT2D eigenvalue weighted by Gasteiger charge is -2.10. The molecule has 14 heavy (non-hydrogen) atoms. The lowest BCUT2D eigenvalue weighted by atomic mass is 10.3. The van der Waals surface area contributed by atoms with E-state index in [2.05, 4.69) is 5.32 Å². The monoisotopic (exact) mass is 225 g/mol. The summed E-state index contributed by atoms with van der Waals surface area (Å²) >= 11 is -0.336. The van der Waals surface area contributed by atoms with Crippen LogP contribution in [-0.2, 0) is 0 Å². The van der Waals surface area contributed by atoms with Crippen LogP contribution in [0.3, 0.4) is 0 Å². The Kier molecular flexibility index (Phi) is 3.25. The first kappa shape index (κ1) is 11.2. The molecule has 1 nitrogen and oxygen atoms in total. The number of alkyl halides is 3. The molecule has 1 aromatic carbocycles. The molecule has 0 bridgehead atoms. The van der Waals surface area contributed by atoms with Crippen molar-refractivity contribution in [2.24, 2.45) is 0 Å². The van der Waals surface area contributed by atoms with Crippen LogP contribution in [0.1, 0.15) is 0 Å². The van der Waals surface area contributed by atoms with Crippen LogP contribution >= 0.6 is 11.8 Å². The molecular formula is C8H7F4NS. The number of hydrogen-bond acceptors (Lipinski definition) is 2. The smallest absolute Gasteiger partial charge is 0.387 e. The van der Waals surface area contributed by atoms with Crippen molar-refractivity contribution in [2.75, 3.05) is 12.4 Å². The number of benzene rings is 1. The van der Waals surface area contributed by atoms with Crippen LogP contribution in [0, 0.1) is 5.82 Å². The third-order valence-corrected chi connectivity index (χ3v) is 2.23. The summed E-state index contributed by atoms with van der Waals surface area (Å²) in [7, 11) is 1.48. The largest absolute Gasteiger partial charge is 0.446 e. The number of thioether (sulfide) groups is 1. The van der Waals surface area contributed by atoms with E-state index >= 15 is 0 Å². The Morgan fingerprint density at radius 2 is 1.93 bits per heavy atom. The van der Waals surface area contributed by atoms with E-state index in [-0.39, 0.29) is 22.3 Å². The molecule has 6 heteroatoms. The average Bonchev–Trinajstić information content (AvgIpc) is 2.01. The SMILES string of the molecule is CNc1ccc(F)cc1SC(F)(F)F. The van der Waals surface area contributed by atoms with Crippen molar-refractivity contribution in [3.8, 4) is 0 Å². The molecule has 0 heterocycles. The summed E-state index contributed by atoms with van der Waals surface area (Å²) < 4.78 is 48.7. The lowest BCUT2D eigenvalue weighted by Crippen LogP contribution is -2.01. The molecule has 1 rings (SSSR count). The van der Waals surface area contributed by atoms with Gasteiger partial charge in [0.05, 0.1) is 0 Å². The van der Waals surface area contributed by atoms with Gasteiger partial charge in [-0.05, 0) is 30.0 Å². The molecule has 0 radical (unpaired) electrons. The van der Waals surface area contributed by atoms with E-state index in [1.165, 1.54) is 13.1 Å². The molecule has 1 N–H and O–H groups in total. The molecule has 0 aromatic heterocycles. The molecule has 0 saturated heterocycles. The quantitative estimate of drug-likeness (QED) is 0.610. The van der Waals surface area contributed by atoms with E-state index < -0.39 is 11.3 Å². The highest BCUT2D eigenvalue weighted by Gasteiger charge is 2.30. The van der Waals surface area contributed by atoms with Gasteiger partial charge >= 0.3 is 5.51 Å². The van der Waals surface area contributed by atoms with Gasteiger partial charge in [-0.25, -0.2) is 4.39 Å². The van der Waals surface area contributed by atoms with E-state index in [1.807, 2.05) is 0 Å². The minimum Gasteiger partial charge on any atom is -0.387 e. The van der Waals surface area contributed by atoms with Crippen LogP contribution in [0.4, 0.5) is 23.2 Å². The molecule has 78 valence electrons. The van der Waals surface area contributed by atoms with Gasteiger partial charge in [-0.2, -0.15) is 13.2 Å². The molecule has 0 fully saturated rings. The number of halogens is 4. The zero-order valence-electron chi connectivity index (χ0n) is 7.15. The van der Waals surface area contributed by atoms with E-state index in [0.717, 1.165) is 12.1 Å². The van der Waals surface area contributed by atoms with Gasteiger partial charge in [-0.3, -0.25) is 0 Å². The highest BCUT2D eigenvalue weighted by molar-refractivity contribution is 8.00. The van der Waals surface area contributed by atoms with Gasteiger partial charge < -0.3 is 5.32 Å². The van der Waals surface area contributed by atoms with Crippen LogP contribution in [0.2, 0.25) is 0 Å². The highest BCUT2D eigenvalue weighted by atomic mass is 32.2. The number of rotatable bonds is 2. The summed E-state index contributed by atoms with van der Waals surface area (Å²) in [6.07, 6.45) is 0. The van der Waals surface area contributed by atoms with Crippen LogP contribution in [0.5, 0.6) is 0 Å². The maximum atomic E-state index is 12.7. The van der Waals surface area contributed by atoms with Gasteiger partial charge in [0.2, 0.25) is 0 Å². The van der Waals surface area contributed by atoms with E-state index in [9.17, 15) is 17.6 Å². The predicted molar refractivity (Wildman–Crippen MR) is 47.9 cm³/mol. The fourth-order valence-corrected chi connectivity index (χ4v) is 1.61. The second kappa shape index (κ2) is 4.08. The Labute approximate surface area is 82.5 Å². The minimum absolute atomic E-state index is 0.167. The number of nitrogens with one attached hydrogen (secondary N) is 1. The first-order valence-electron chi connectivity index (χ1n) is 3.65. The minimum atomic E-state index is -4.40. The molecule has 0 aliphatic carbocycles. The van der Waals surface area contributed by atoms with Crippen LogP contribution < -0.4 is 5.32 Å². The molecule has 0 saturated carbocycles. The summed E-state index contributed by atoms with van der Waals surface area (Å²) in [5.74, 6) is -0.684. The zero-order chi connectivity index (χ0) is 10.8. The summed E-state index contributed by atoms with van der Waals surface area (Å²) in [5.41, 5.74) is -4.15. The van der Waals surface area contributed by atoms with Gasteiger partial charge in [0.1, 0.15) is 5.82 Å². The van der Waals surface area contributed by atoms with Crippen molar-refractivity contribution in [2.45, 2.75) is 10.4 Å².